The van der Waals surface area contributed by atoms with Gasteiger partial charge in [0.15, 0.2) is 0 Å². The fourth-order valence-electron chi connectivity index (χ4n) is 0. The molecular weight excluding hydrogens is 316 g/mol. The van der Waals surface area contributed by atoms with E-state index in [2.05, 4.69) is 0 Å². The van der Waals surface area contributed by atoms with Crippen molar-refractivity contribution in [2.24, 2.45) is 0 Å². The van der Waals surface area contributed by atoms with Crippen molar-refractivity contribution in [2.45, 2.75) is 0 Å². The Morgan fingerprint density at radius 2 is 0.333 bits per heavy atom. The van der Waals surface area contributed by atoms with E-state index in [-0.39, 0.29) is 87.6 Å². The Labute approximate surface area is 87.2 Å². The summed E-state index contributed by atoms with van der Waals surface area (Å²) in [5.74, 6) is 0. The summed E-state index contributed by atoms with van der Waals surface area (Å²) in [5.41, 5.74) is 0. The first-order valence-electron chi connectivity index (χ1n) is 0. The van der Waals surface area contributed by atoms with Gasteiger partial charge in [-0.15, -0.1) is 12.4 Å². The van der Waals surface area contributed by atoms with Gasteiger partial charge in [0.25, 0.3) is 0 Å². The zero-order valence-corrected chi connectivity index (χ0v) is 6.78. The van der Waals surface area contributed by atoms with E-state index in [4.69, 9.17) is 0 Å². The molecule has 0 bridgehead atoms. The van der Waals surface area contributed by atoms with Crippen LogP contribution < -0.4 is 0 Å². The van der Waals surface area contributed by atoms with E-state index in [1.165, 1.54) is 0 Å². The van der Waals surface area contributed by atoms with E-state index in [1.54, 1.807) is 0 Å². The van der Waals surface area contributed by atoms with Crippen molar-refractivity contribution < 1.29 is 75.2 Å². The number of hydrogen-bond donors (Lipinski definition) is 0. The molecule has 9 heavy (non-hydrogen) atoms. The predicted octanol–water partition coefficient (Wildman–Crippen LogP) is -5.35. The Kier molecular flexibility index (Phi) is 25500. The fourth-order valence-corrected chi connectivity index (χ4v) is 0. The van der Waals surface area contributed by atoms with Gasteiger partial charge in [0.05, 0.1) is 0 Å². The first-order valence-corrected chi connectivity index (χ1v) is 0. The molecule has 0 saturated heterocycles. The fraction of sp³-hybridized carbons (Fsp3) is 0. The molecule has 0 heterocycles. The first kappa shape index (κ1) is 566. The van der Waals surface area contributed by atoms with Gasteiger partial charge in [0, 0.05) is 36.9 Å². The number of rotatable bonds is 0. The SMILES string of the molecule is Cl.O.O.O.O.O.O.O.[Tm]. The molecule has 0 rings (SSSR count). The van der Waals surface area contributed by atoms with Crippen LogP contribution in [0.25, 0.3) is 0 Å². The van der Waals surface area contributed by atoms with E-state index in [0.717, 1.165) is 0 Å². The molecule has 0 saturated carbocycles. The number of halogens is 1. The normalized spacial score (nSPS) is 0. The molecule has 0 aliphatic heterocycles. The van der Waals surface area contributed by atoms with Gasteiger partial charge in [-0.05, 0) is 0 Å². The summed E-state index contributed by atoms with van der Waals surface area (Å²) in [4.78, 5) is 0. The Bertz CT molecular complexity index is 8.88. The van der Waals surface area contributed by atoms with Crippen molar-refractivity contribution >= 4 is 12.4 Å². The molecule has 0 aromatic carbocycles. The summed E-state index contributed by atoms with van der Waals surface area (Å²) in [6.07, 6.45) is 0. The Morgan fingerprint density at radius 1 is 0.333 bits per heavy atom. The zero-order valence-electron chi connectivity index (χ0n) is 4.19. The van der Waals surface area contributed by atoms with Gasteiger partial charge in [-0.3, -0.25) is 0 Å². The molecule has 14 N–H and O–H groups in total. The van der Waals surface area contributed by atoms with Crippen molar-refractivity contribution in [1.29, 1.82) is 0 Å². The average molecular weight is 332 g/mol. The maximum atomic E-state index is 0. The van der Waals surface area contributed by atoms with E-state index in [1.807, 2.05) is 0 Å². The van der Waals surface area contributed by atoms with Crippen molar-refractivity contribution in [3.63, 3.8) is 0 Å². The standard InChI is InChI=1S/ClH.7H2O.Tm/h1H;7*1H2;. The van der Waals surface area contributed by atoms with Crippen molar-refractivity contribution in [2.75, 3.05) is 0 Å². The summed E-state index contributed by atoms with van der Waals surface area (Å²) in [5, 5.41) is 0. The summed E-state index contributed by atoms with van der Waals surface area (Å²) < 4.78 is 0. The van der Waals surface area contributed by atoms with Crippen LogP contribution in [0.5, 0.6) is 0 Å². The first-order chi connectivity index (χ1) is 0. The summed E-state index contributed by atoms with van der Waals surface area (Å²) in [7, 11) is 0. The van der Waals surface area contributed by atoms with E-state index < -0.39 is 0 Å². The third kappa shape index (κ3) is 314. The molecule has 1 radical (unpaired) electrons. The van der Waals surface area contributed by atoms with Crippen LogP contribution in [0.3, 0.4) is 0 Å². The topological polar surface area (TPSA) is 220 Å². The van der Waals surface area contributed by atoms with Gasteiger partial charge in [0.2, 0.25) is 0 Å². The summed E-state index contributed by atoms with van der Waals surface area (Å²) in [6.45, 7) is 0. The molecule has 0 unspecified atom stereocenters. The van der Waals surface area contributed by atoms with E-state index >= 15 is 0 Å². The largest absolute Gasteiger partial charge is 0.412 e. The maximum absolute atomic E-state index is 0. The van der Waals surface area contributed by atoms with E-state index in [0.29, 0.717) is 0 Å². The monoisotopic (exact) mass is 331 g/mol. The molecule has 0 aliphatic carbocycles. The van der Waals surface area contributed by atoms with Gasteiger partial charge in [0.1, 0.15) is 0 Å². The van der Waals surface area contributed by atoms with E-state index in [9.17, 15) is 0 Å². The van der Waals surface area contributed by atoms with Crippen LogP contribution >= 0.6 is 12.4 Å². The second-order valence-corrected chi connectivity index (χ2v) is 0. The third-order valence-electron chi connectivity index (χ3n) is 0. The molecular formula is H15ClO7Tm. The van der Waals surface area contributed by atoms with Gasteiger partial charge < -0.3 is 38.3 Å². The van der Waals surface area contributed by atoms with Crippen LogP contribution in [0.15, 0.2) is 0 Å². The minimum atomic E-state index is 0. The molecule has 0 amide bonds. The second-order valence-electron chi connectivity index (χ2n) is 0. The molecule has 0 fully saturated rings. The predicted molar refractivity (Wildman–Crippen MR) is 32.5 cm³/mol. The molecule has 0 spiro atoms. The zero-order chi connectivity index (χ0) is 0. The van der Waals surface area contributed by atoms with Crippen molar-refractivity contribution in [3.05, 3.63) is 0 Å². The summed E-state index contributed by atoms with van der Waals surface area (Å²) >= 11 is 0. The molecule has 0 aromatic heterocycles. The molecule has 9 heteroatoms. The van der Waals surface area contributed by atoms with Crippen molar-refractivity contribution in [1.82, 2.24) is 0 Å². The van der Waals surface area contributed by atoms with Crippen LogP contribution in [0, 0.1) is 36.9 Å². The summed E-state index contributed by atoms with van der Waals surface area (Å²) in [6, 6.07) is 0. The molecule has 0 aromatic rings. The van der Waals surface area contributed by atoms with Gasteiger partial charge in [-0.25, -0.2) is 0 Å². The van der Waals surface area contributed by atoms with Gasteiger partial charge in [-0.1, -0.05) is 0 Å². The quantitative estimate of drug-likeness (QED) is 0.405. The van der Waals surface area contributed by atoms with Crippen LogP contribution in [0.4, 0.5) is 0 Å². The van der Waals surface area contributed by atoms with Crippen LogP contribution in [0.1, 0.15) is 0 Å². The van der Waals surface area contributed by atoms with Crippen LogP contribution in [0.2, 0.25) is 0 Å². The Balaban J connectivity index is 0. The van der Waals surface area contributed by atoms with Crippen LogP contribution in [-0.2, 0) is 0 Å². The minimum absolute atomic E-state index is 0. The molecule has 77 valence electrons. The Morgan fingerprint density at radius 3 is 0.333 bits per heavy atom. The molecule has 7 nitrogen and oxygen atoms in total. The molecule has 0 atom stereocenters. The third-order valence-corrected chi connectivity index (χ3v) is 0. The second kappa shape index (κ2) is 406. The smallest absolute Gasteiger partial charge is 0 e. The van der Waals surface area contributed by atoms with Gasteiger partial charge in [-0.2, -0.15) is 0 Å². The van der Waals surface area contributed by atoms with Gasteiger partial charge >= 0.3 is 0 Å². The molecule has 0 aliphatic rings. The average Bonchev–Trinajstić information content (AvgIpc) is 0. The maximum Gasteiger partial charge on any atom is 0 e. The van der Waals surface area contributed by atoms with Crippen LogP contribution in [-0.4, -0.2) is 38.3 Å². The van der Waals surface area contributed by atoms with Crippen molar-refractivity contribution in [3.8, 4) is 0 Å². The number of hydrogen-bond acceptors (Lipinski definition) is 0. The minimum Gasteiger partial charge on any atom is -0.412 e. The Hall–Kier alpha value is 1.24.